The van der Waals surface area contributed by atoms with E-state index in [1.165, 1.54) is 11.1 Å². The van der Waals surface area contributed by atoms with Crippen molar-refractivity contribution in [3.63, 3.8) is 0 Å². The summed E-state index contributed by atoms with van der Waals surface area (Å²) in [4.78, 5) is 0. The molecule has 0 heteroatoms. The highest BCUT2D eigenvalue weighted by atomic mass is 14.3. The Morgan fingerprint density at radius 2 is 0.583 bits per heavy atom. The molecule has 0 aliphatic rings. The highest BCUT2D eigenvalue weighted by Gasteiger charge is 2.27. The average Bonchev–Trinajstić information content (AvgIpc) is 2.25. The standard InChI is InChI=1S/C24H42/c1-21(2,3)19(22(4,5)6)17-15-13-14-16-18-20(23(7,8)9)24(10,11)12/h13-18H,1-12H3/b15-13+,16-14+. The summed E-state index contributed by atoms with van der Waals surface area (Å²) in [7, 11) is 0. The zero-order valence-electron chi connectivity index (χ0n) is 18.5. The van der Waals surface area contributed by atoms with Crippen molar-refractivity contribution in [3.8, 4) is 0 Å². The van der Waals surface area contributed by atoms with Crippen molar-refractivity contribution in [1.29, 1.82) is 0 Å². The second-order valence-corrected chi connectivity index (χ2v) is 10.9. The predicted octanol–water partition coefficient (Wildman–Crippen LogP) is 8.14. The van der Waals surface area contributed by atoms with E-state index in [9.17, 15) is 0 Å². The fourth-order valence-electron chi connectivity index (χ4n) is 3.68. The second kappa shape index (κ2) is 7.89. The molecule has 0 aromatic carbocycles. The lowest BCUT2D eigenvalue weighted by atomic mass is 9.71. The summed E-state index contributed by atoms with van der Waals surface area (Å²) in [6.07, 6.45) is 13.2. The fourth-order valence-corrected chi connectivity index (χ4v) is 3.68. The van der Waals surface area contributed by atoms with E-state index in [0.717, 1.165) is 0 Å². The van der Waals surface area contributed by atoms with E-state index in [-0.39, 0.29) is 21.7 Å². The molecular formula is C24H42. The lowest BCUT2D eigenvalue weighted by molar-refractivity contribution is 0.362. The van der Waals surface area contributed by atoms with Crippen LogP contribution < -0.4 is 0 Å². The second-order valence-electron chi connectivity index (χ2n) is 10.9. The van der Waals surface area contributed by atoms with Crippen molar-refractivity contribution in [1.82, 2.24) is 0 Å². The van der Waals surface area contributed by atoms with E-state index >= 15 is 0 Å². The molecular weight excluding hydrogens is 288 g/mol. The maximum atomic E-state index is 2.29. The van der Waals surface area contributed by atoms with E-state index in [0.29, 0.717) is 0 Å². The van der Waals surface area contributed by atoms with Crippen LogP contribution in [0.3, 0.4) is 0 Å². The van der Waals surface area contributed by atoms with Gasteiger partial charge in [-0.1, -0.05) is 131 Å². The molecule has 0 saturated heterocycles. The quantitative estimate of drug-likeness (QED) is 0.458. The summed E-state index contributed by atoms with van der Waals surface area (Å²) in [5, 5.41) is 0. The molecule has 0 fully saturated rings. The van der Waals surface area contributed by atoms with Crippen LogP contribution in [0.15, 0.2) is 47.6 Å². The first-order valence-electron chi connectivity index (χ1n) is 9.24. The molecule has 0 saturated carbocycles. The van der Waals surface area contributed by atoms with Crippen LogP contribution in [0.5, 0.6) is 0 Å². The third kappa shape index (κ3) is 8.18. The van der Waals surface area contributed by atoms with Gasteiger partial charge in [0.05, 0.1) is 0 Å². The average molecular weight is 331 g/mol. The summed E-state index contributed by atoms with van der Waals surface area (Å²) >= 11 is 0. The molecule has 0 atom stereocenters. The Balaban J connectivity index is 5.32. The molecule has 0 unspecified atom stereocenters. The van der Waals surface area contributed by atoms with E-state index in [2.05, 4.69) is 120 Å². The number of allylic oxidation sites excluding steroid dienone is 8. The van der Waals surface area contributed by atoms with Gasteiger partial charge in [0.2, 0.25) is 0 Å². The van der Waals surface area contributed by atoms with Crippen LogP contribution in [0.2, 0.25) is 0 Å². The van der Waals surface area contributed by atoms with Gasteiger partial charge in [0.1, 0.15) is 0 Å². The van der Waals surface area contributed by atoms with Crippen molar-refractivity contribution >= 4 is 0 Å². The maximum Gasteiger partial charge on any atom is -0.0165 e. The van der Waals surface area contributed by atoms with Crippen molar-refractivity contribution in [3.05, 3.63) is 47.6 Å². The van der Waals surface area contributed by atoms with Crippen molar-refractivity contribution in [2.75, 3.05) is 0 Å². The van der Waals surface area contributed by atoms with Gasteiger partial charge in [0.25, 0.3) is 0 Å². The molecule has 0 nitrogen and oxygen atoms in total. The van der Waals surface area contributed by atoms with Gasteiger partial charge in [0, 0.05) is 0 Å². The summed E-state index contributed by atoms with van der Waals surface area (Å²) in [5.41, 5.74) is 3.71. The van der Waals surface area contributed by atoms with E-state index in [4.69, 9.17) is 0 Å². The van der Waals surface area contributed by atoms with Crippen LogP contribution in [-0.4, -0.2) is 0 Å². The normalized spacial score (nSPS) is 14.3. The van der Waals surface area contributed by atoms with Gasteiger partial charge in [-0.15, -0.1) is 0 Å². The number of hydrogen-bond acceptors (Lipinski definition) is 0. The molecule has 0 bridgehead atoms. The Hall–Kier alpha value is -1.04. The lowest BCUT2D eigenvalue weighted by Gasteiger charge is -2.34. The monoisotopic (exact) mass is 330 g/mol. The van der Waals surface area contributed by atoms with Gasteiger partial charge in [-0.05, 0) is 21.7 Å². The minimum absolute atomic E-state index is 0.192. The Morgan fingerprint density at radius 3 is 0.750 bits per heavy atom. The van der Waals surface area contributed by atoms with Gasteiger partial charge >= 0.3 is 0 Å². The van der Waals surface area contributed by atoms with Crippen molar-refractivity contribution < 1.29 is 0 Å². The third-order valence-electron chi connectivity index (χ3n) is 4.09. The molecule has 0 heterocycles. The number of hydrogen-bond donors (Lipinski definition) is 0. The summed E-state index contributed by atoms with van der Waals surface area (Å²) in [6, 6.07) is 0. The van der Waals surface area contributed by atoms with Crippen LogP contribution in [0.1, 0.15) is 83.1 Å². The summed E-state index contributed by atoms with van der Waals surface area (Å²) in [6.45, 7) is 27.4. The Kier molecular flexibility index (Phi) is 7.55. The van der Waals surface area contributed by atoms with Gasteiger partial charge in [-0.25, -0.2) is 0 Å². The molecule has 0 aromatic rings. The first kappa shape index (κ1) is 23.0. The SMILES string of the molecule is CC(C)(C)C(=C/C=C/C=C/C=C(C(C)(C)C)C(C)(C)C)C(C)(C)C. The molecule has 0 aliphatic heterocycles. The zero-order chi connectivity index (χ0) is 19.4. The highest BCUT2D eigenvalue weighted by Crippen LogP contribution is 2.40. The molecule has 24 heavy (non-hydrogen) atoms. The molecule has 0 aromatic heterocycles. The molecule has 138 valence electrons. The highest BCUT2D eigenvalue weighted by molar-refractivity contribution is 5.28. The molecule has 0 amide bonds. The van der Waals surface area contributed by atoms with Crippen LogP contribution in [0.4, 0.5) is 0 Å². The molecule has 0 spiro atoms. The van der Waals surface area contributed by atoms with Crippen LogP contribution in [0.25, 0.3) is 0 Å². The smallest absolute Gasteiger partial charge is 0.0165 e. The molecule has 0 N–H and O–H groups in total. The number of rotatable bonds is 3. The molecule has 0 radical (unpaired) electrons. The van der Waals surface area contributed by atoms with Gasteiger partial charge in [-0.3, -0.25) is 0 Å². The zero-order valence-corrected chi connectivity index (χ0v) is 18.5. The minimum Gasteiger partial charge on any atom is -0.0623 e. The molecule has 0 aliphatic carbocycles. The maximum absolute atomic E-state index is 2.29. The van der Waals surface area contributed by atoms with Gasteiger partial charge in [-0.2, -0.15) is 0 Å². The fraction of sp³-hybridized carbons (Fsp3) is 0.667. The van der Waals surface area contributed by atoms with E-state index < -0.39 is 0 Å². The first-order chi connectivity index (χ1) is 10.5. The largest absolute Gasteiger partial charge is 0.0623 e. The Labute approximate surface area is 152 Å². The minimum atomic E-state index is 0.192. The predicted molar refractivity (Wildman–Crippen MR) is 112 cm³/mol. The Morgan fingerprint density at radius 1 is 0.375 bits per heavy atom. The van der Waals surface area contributed by atoms with E-state index in [1.54, 1.807) is 0 Å². The Bertz CT molecular complexity index is 424. The van der Waals surface area contributed by atoms with Gasteiger partial charge in [0.15, 0.2) is 0 Å². The van der Waals surface area contributed by atoms with Gasteiger partial charge < -0.3 is 0 Å². The molecule has 0 rings (SSSR count). The van der Waals surface area contributed by atoms with Crippen LogP contribution >= 0.6 is 0 Å². The lowest BCUT2D eigenvalue weighted by Crippen LogP contribution is -2.22. The van der Waals surface area contributed by atoms with Crippen molar-refractivity contribution in [2.45, 2.75) is 83.1 Å². The van der Waals surface area contributed by atoms with Crippen molar-refractivity contribution in [2.24, 2.45) is 21.7 Å². The third-order valence-corrected chi connectivity index (χ3v) is 4.09. The topological polar surface area (TPSA) is 0 Å². The summed E-state index contributed by atoms with van der Waals surface area (Å²) < 4.78 is 0. The summed E-state index contributed by atoms with van der Waals surface area (Å²) in [5.74, 6) is 0. The first-order valence-corrected chi connectivity index (χ1v) is 9.24. The van der Waals surface area contributed by atoms with Crippen LogP contribution in [0, 0.1) is 21.7 Å². The van der Waals surface area contributed by atoms with E-state index in [1.807, 2.05) is 0 Å². The van der Waals surface area contributed by atoms with Crippen LogP contribution in [-0.2, 0) is 0 Å².